The lowest BCUT2D eigenvalue weighted by atomic mass is 9.93. The van der Waals surface area contributed by atoms with E-state index in [4.69, 9.17) is 15.0 Å². The lowest BCUT2D eigenvalue weighted by molar-refractivity contribution is 1.08. The van der Waals surface area contributed by atoms with Gasteiger partial charge in [-0.1, -0.05) is 146 Å². The summed E-state index contributed by atoms with van der Waals surface area (Å²) < 4.78 is 2.54. The van der Waals surface area contributed by atoms with E-state index in [1.165, 1.54) is 36.7 Å². The molecular weight excluding hydrogens is 591 g/mol. The summed E-state index contributed by atoms with van der Waals surface area (Å²) >= 11 is 1.85. The lowest BCUT2D eigenvalue weighted by Gasteiger charge is -2.14. The fourth-order valence-electron chi connectivity index (χ4n) is 6.49. The van der Waals surface area contributed by atoms with Crippen LogP contribution in [0.4, 0.5) is 0 Å². The molecule has 7 aromatic carbocycles. The first-order chi connectivity index (χ1) is 23.3. The van der Waals surface area contributed by atoms with E-state index in [0.29, 0.717) is 17.5 Å². The second kappa shape index (κ2) is 11.4. The third-order valence-electron chi connectivity index (χ3n) is 8.73. The second-order valence-electron chi connectivity index (χ2n) is 11.6. The van der Waals surface area contributed by atoms with Crippen LogP contribution in [-0.4, -0.2) is 15.0 Å². The summed E-state index contributed by atoms with van der Waals surface area (Å²) in [7, 11) is 0. The van der Waals surface area contributed by atoms with E-state index in [0.717, 1.165) is 33.2 Å². The van der Waals surface area contributed by atoms with Gasteiger partial charge >= 0.3 is 0 Å². The molecule has 4 heteroatoms. The van der Waals surface area contributed by atoms with E-state index in [1.807, 2.05) is 35.6 Å². The van der Waals surface area contributed by atoms with Crippen LogP contribution in [0.15, 0.2) is 164 Å². The van der Waals surface area contributed by atoms with Crippen molar-refractivity contribution in [2.24, 2.45) is 0 Å². The number of benzene rings is 7. The Bertz CT molecular complexity index is 2560. The van der Waals surface area contributed by atoms with Gasteiger partial charge in [0.05, 0.1) is 0 Å². The van der Waals surface area contributed by atoms with Crippen molar-refractivity contribution in [3.8, 4) is 56.4 Å². The number of nitrogens with zero attached hydrogens (tertiary/aromatic N) is 3. The molecule has 0 atom stereocenters. The molecule has 9 aromatic rings. The van der Waals surface area contributed by atoms with Crippen LogP contribution in [-0.2, 0) is 0 Å². The Labute approximate surface area is 276 Å². The van der Waals surface area contributed by atoms with Crippen molar-refractivity contribution in [3.05, 3.63) is 164 Å². The van der Waals surface area contributed by atoms with Gasteiger partial charge in [-0.25, -0.2) is 15.0 Å². The Hall–Kier alpha value is -5.97. The molecule has 2 heterocycles. The summed E-state index contributed by atoms with van der Waals surface area (Å²) in [6.45, 7) is 0. The highest BCUT2D eigenvalue weighted by molar-refractivity contribution is 7.26. The van der Waals surface area contributed by atoms with Gasteiger partial charge in [0.2, 0.25) is 0 Å². The monoisotopic (exact) mass is 617 g/mol. The number of fused-ring (bicyclic) bond motifs is 5. The maximum atomic E-state index is 5.24. The van der Waals surface area contributed by atoms with Crippen LogP contribution < -0.4 is 0 Å². The van der Waals surface area contributed by atoms with Gasteiger partial charge in [-0.3, -0.25) is 0 Å². The molecule has 2 aromatic heterocycles. The molecule has 0 N–H and O–H groups in total. The van der Waals surface area contributed by atoms with E-state index in [9.17, 15) is 0 Å². The lowest BCUT2D eigenvalue weighted by Crippen LogP contribution is -2.01. The van der Waals surface area contributed by atoms with Gasteiger partial charge in [-0.2, -0.15) is 0 Å². The summed E-state index contributed by atoms with van der Waals surface area (Å²) in [6.07, 6.45) is 0. The van der Waals surface area contributed by atoms with Crippen LogP contribution >= 0.6 is 11.3 Å². The number of rotatable bonds is 5. The number of hydrogen-bond donors (Lipinski definition) is 0. The van der Waals surface area contributed by atoms with Gasteiger partial charge in [0.15, 0.2) is 17.5 Å². The van der Waals surface area contributed by atoms with Gasteiger partial charge in [-0.15, -0.1) is 11.3 Å². The van der Waals surface area contributed by atoms with Crippen LogP contribution in [0.1, 0.15) is 0 Å². The van der Waals surface area contributed by atoms with E-state index in [-0.39, 0.29) is 0 Å². The van der Waals surface area contributed by atoms with Gasteiger partial charge < -0.3 is 0 Å². The highest BCUT2D eigenvalue weighted by Crippen LogP contribution is 2.45. The Morgan fingerprint density at radius 3 is 1.66 bits per heavy atom. The van der Waals surface area contributed by atoms with Crippen LogP contribution in [0.25, 0.3) is 87.4 Å². The first-order valence-electron chi connectivity index (χ1n) is 15.7. The van der Waals surface area contributed by atoms with Crippen molar-refractivity contribution in [2.45, 2.75) is 0 Å². The van der Waals surface area contributed by atoms with Crippen LogP contribution in [0.3, 0.4) is 0 Å². The molecule has 9 rings (SSSR count). The smallest absolute Gasteiger partial charge is 0.164 e. The molecule has 47 heavy (non-hydrogen) atoms. The molecule has 0 saturated heterocycles. The van der Waals surface area contributed by atoms with E-state index in [2.05, 4.69) is 140 Å². The Balaban J connectivity index is 1.35. The fourth-order valence-corrected chi connectivity index (χ4v) is 7.75. The predicted octanol–water partition coefficient (Wildman–Crippen LogP) is 11.7. The number of thiophene rings is 1. The van der Waals surface area contributed by atoms with Crippen molar-refractivity contribution in [2.75, 3.05) is 0 Å². The molecular formula is C43H27N3S. The zero-order valence-electron chi connectivity index (χ0n) is 25.3. The molecule has 0 fully saturated rings. The van der Waals surface area contributed by atoms with Crippen LogP contribution in [0.2, 0.25) is 0 Å². The quantitative estimate of drug-likeness (QED) is 0.193. The topological polar surface area (TPSA) is 38.7 Å². The van der Waals surface area contributed by atoms with Crippen molar-refractivity contribution >= 4 is 42.3 Å². The number of aromatic nitrogens is 3. The largest absolute Gasteiger partial charge is 0.208 e. The van der Waals surface area contributed by atoms with Crippen molar-refractivity contribution < 1.29 is 0 Å². The molecule has 0 aliphatic rings. The molecule has 0 saturated carbocycles. The summed E-state index contributed by atoms with van der Waals surface area (Å²) in [6, 6.07) is 57.3. The molecule has 0 bridgehead atoms. The molecule has 0 unspecified atom stereocenters. The molecule has 0 aliphatic heterocycles. The fraction of sp³-hybridized carbons (Fsp3) is 0. The molecule has 0 amide bonds. The molecule has 0 radical (unpaired) electrons. The van der Waals surface area contributed by atoms with E-state index < -0.39 is 0 Å². The SMILES string of the molecule is c1ccc(-c2cccc(-c3nc(-c4ccccc4)nc(-c4cc5c6ccccc6sc5c5c(-c6ccccc6)cccc45)n3)c2)cc1. The maximum absolute atomic E-state index is 5.24. The van der Waals surface area contributed by atoms with Crippen molar-refractivity contribution in [1.29, 1.82) is 0 Å². The van der Waals surface area contributed by atoms with E-state index in [1.54, 1.807) is 0 Å². The predicted molar refractivity (Wildman–Crippen MR) is 197 cm³/mol. The van der Waals surface area contributed by atoms with Crippen molar-refractivity contribution in [1.82, 2.24) is 15.0 Å². The van der Waals surface area contributed by atoms with Gasteiger partial charge in [0.25, 0.3) is 0 Å². The first-order valence-corrected chi connectivity index (χ1v) is 16.5. The molecule has 220 valence electrons. The number of hydrogen-bond acceptors (Lipinski definition) is 4. The third kappa shape index (κ3) is 4.87. The summed E-state index contributed by atoms with van der Waals surface area (Å²) in [4.78, 5) is 15.5. The highest BCUT2D eigenvalue weighted by Gasteiger charge is 2.20. The standard InChI is InChI=1S/C43H27N3S/c1-4-14-28(15-5-1)31-20-12-21-32(26-31)42-44-41(30-18-8-3-9-19-30)45-43(46-42)37-27-36-34-22-10-11-25-38(34)47-40(36)39-33(23-13-24-35(37)39)29-16-6-2-7-17-29/h1-27H. The first kappa shape index (κ1) is 27.3. The van der Waals surface area contributed by atoms with E-state index >= 15 is 0 Å². The summed E-state index contributed by atoms with van der Waals surface area (Å²) in [5.74, 6) is 1.96. The minimum Gasteiger partial charge on any atom is -0.208 e. The Kier molecular flexibility index (Phi) is 6.65. The normalized spacial score (nSPS) is 11.4. The maximum Gasteiger partial charge on any atom is 0.164 e. The highest BCUT2D eigenvalue weighted by atomic mass is 32.1. The Morgan fingerprint density at radius 2 is 0.894 bits per heavy atom. The van der Waals surface area contributed by atoms with Gasteiger partial charge in [-0.05, 0) is 45.8 Å². The van der Waals surface area contributed by atoms with Gasteiger partial charge in [0.1, 0.15) is 0 Å². The minimum absolute atomic E-state index is 0.647. The van der Waals surface area contributed by atoms with Gasteiger partial charge in [0, 0.05) is 42.2 Å². The zero-order valence-corrected chi connectivity index (χ0v) is 26.2. The Morgan fingerprint density at radius 1 is 0.340 bits per heavy atom. The van der Waals surface area contributed by atoms with Crippen LogP contribution in [0, 0.1) is 0 Å². The van der Waals surface area contributed by atoms with Crippen molar-refractivity contribution in [3.63, 3.8) is 0 Å². The molecule has 0 spiro atoms. The summed E-state index contributed by atoms with van der Waals surface area (Å²) in [5.41, 5.74) is 7.56. The molecule has 3 nitrogen and oxygen atoms in total. The third-order valence-corrected chi connectivity index (χ3v) is 9.93. The minimum atomic E-state index is 0.647. The zero-order chi connectivity index (χ0) is 31.2. The molecule has 0 aliphatic carbocycles. The second-order valence-corrected chi connectivity index (χ2v) is 12.7. The average Bonchev–Trinajstić information content (AvgIpc) is 3.54. The van der Waals surface area contributed by atoms with Crippen LogP contribution in [0.5, 0.6) is 0 Å². The summed E-state index contributed by atoms with van der Waals surface area (Å²) in [5, 5.41) is 4.80. The average molecular weight is 618 g/mol.